The standard InChI is InChI=1S/C17H17Cl2NO5S/c18-13-9-14(17(21)22)16(19)15(10-13)26(23,24)20-7-4-8-25-11-12-5-2-1-3-6-12/h1-3,5-6,9-10,20H,4,7-8,11H2,(H,21,22). The number of ether oxygens (including phenoxy) is 1. The summed E-state index contributed by atoms with van der Waals surface area (Å²) >= 11 is 11.7. The summed E-state index contributed by atoms with van der Waals surface area (Å²) in [5.74, 6) is -1.36. The molecule has 26 heavy (non-hydrogen) atoms. The largest absolute Gasteiger partial charge is 0.478 e. The van der Waals surface area contributed by atoms with E-state index in [1.165, 1.54) is 0 Å². The molecule has 0 amide bonds. The maximum Gasteiger partial charge on any atom is 0.337 e. The van der Waals surface area contributed by atoms with E-state index in [9.17, 15) is 13.2 Å². The van der Waals surface area contributed by atoms with Crippen molar-refractivity contribution in [3.05, 3.63) is 63.6 Å². The lowest BCUT2D eigenvalue weighted by atomic mass is 10.2. The molecule has 0 saturated carbocycles. The van der Waals surface area contributed by atoms with Crippen molar-refractivity contribution in [3.63, 3.8) is 0 Å². The minimum Gasteiger partial charge on any atom is -0.478 e. The van der Waals surface area contributed by atoms with Crippen molar-refractivity contribution in [1.29, 1.82) is 0 Å². The van der Waals surface area contributed by atoms with Crippen molar-refractivity contribution >= 4 is 39.2 Å². The lowest BCUT2D eigenvalue weighted by Gasteiger charge is -2.11. The van der Waals surface area contributed by atoms with Crippen molar-refractivity contribution in [2.45, 2.75) is 17.9 Å². The Bertz CT molecular complexity index is 872. The van der Waals surface area contributed by atoms with Gasteiger partial charge in [-0.2, -0.15) is 0 Å². The van der Waals surface area contributed by atoms with E-state index in [0.29, 0.717) is 19.6 Å². The molecule has 0 spiro atoms. The van der Waals surface area contributed by atoms with E-state index in [1.807, 2.05) is 30.3 Å². The zero-order valence-corrected chi connectivity index (χ0v) is 15.9. The van der Waals surface area contributed by atoms with Crippen LogP contribution in [-0.2, 0) is 21.4 Å². The topological polar surface area (TPSA) is 92.7 Å². The molecule has 9 heteroatoms. The van der Waals surface area contributed by atoms with E-state index in [2.05, 4.69) is 4.72 Å². The Morgan fingerprint density at radius 2 is 1.85 bits per heavy atom. The Hall–Kier alpha value is -1.64. The number of carboxylic acids is 1. The number of benzene rings is 2. The Morgan fingerprint density at radius 1 is 1.15 bits per heavy atom. The number of halogens is 2. The summed E-state index contributed by atoms with van der Waals surface area (Å²) in [6.07, 6.45) is 0.441. The predicted octanol–water partition coefficient (Wildman–Crippen LogP) is 3.58. The Morgan fingerprint density at radius 3 is 2.50 bits per heavy atom. The molecule has 0 aliphatic heterocycles. The van der Waals surface area contributed by atoms with Gasteiger partial charge < -0.3 is 9.84 Å². The van der Waals surface area contributed by atoms with Gasteiger partial charge in [0.2, 0.25) is 10.0 Å². The second-order valence-corrected chi connectivity index (χ2v) is 7.91. The number of hydrogen-bond acceptors (Lipinski definition) is 4. The average molecular weight is 418 g/mol. The molecule has 0 saturated heterocycles. The molecule has 140 valence electrons. The van der Waals surface area contributed by atoms with Crippen LogP contribution in [0.1, 0.15) is 22.3 Å². The summed E-state index contributed by atoms with van der Waals surface area (Å²) in [7, 11) is -3.99. The molecule has 0 radical (unpaired) electrons. The molecule has 0 fully saturated rings. The number of hydrogen-bond donors (Lipinski definition) is 2. The van der Waals surface area contributed by atoms with Crippen molar-refractivity contribution in [2.75, 3.05) is 13.2 Å². The minimum atomic E-state index is -3.99. The predicted molar refractivity (Wildman–Crippen MR) is 99.3 cm³/mol. The number of aromatic carboxylic acids is 1. The van der Waals surface area contributed by atoms with Crippen LogP contribution >= 0.6 is 23.2 Å². The zero-order chi connectivity index (χ0) is 19.2. The van der Waals surface area contributed by atoms with Gasteiger partial charge in [-0.25, -0.2) is 17.9 Å². The summed E-state index contributed by atoms with van der Waals surface area (Å²) in [5.41, 5.74) is 0.658. The van der Waals surface area contributed by atoms with Crippen molar-refractivity contribution < 1.29 is 23.1 Å². The number of rotatable bonds is 9. The number of carboxylic acid groups (broad SMARTS) is 1. The van der Waals surface area contributed by atoms with Crippen LogP contribution < -0.4 is 4.72 Å². The van der Waals surface area contributed by atoms with Gasteiger partial charge in [-0.1, -0.05) is 53.5 Å². The summed E-state index contributed by atoms with van der Waals surface area (Å²) < 4.78 is 32.5. The van der Waals surface area contributed by atoms with Gasteiger partial charge in [-0.3, -0.25) is 0 Å². The first-order chi connectivity index (χ1) is 12.3. The first kappa shape index (κ1) is 20.7. The van der Waals surface area contributed by atoms with E-state index in [0.717, 1.165) is 17.7 Å². The molecule has 6 nitrogen and oxygen atoms in total. The highest BCUT2D eigenvalue weighted by Crippen LogP contribution is 2.29. The maximum absolute atomic E-state index is 12.3. The van der Waals surface area contributed by atoms with Gasteiger partial charge >= 0.3 is 5.97 Å². The van der Waals surface area contributed by atoms with Gasteiger partial charge in [0.1, 0.15) is 4.90 Å². The van der Waals surface area contributed by atoms with Gasteiger partial charge in [-0.15, -0.1) is 0 Å². The summed E-state index contributed by atoms with van der Waals surface area (Å²) in [5, 5.41) is 8.66. The second-order valence-electron chi connectivity index (χ2n) is 5.36. The molecule has 2 rings (SSSR count). The van der Waals surface area contributed by atoms with Gasteiger partial charge in [0.15, 0.2) is 0 Å². The van der Waals surface area contributed by atoms with Crippen LogP contribution in [0, 0.1) is 0 Å². The summed E-state index contributed by atoms with van der Waals surface area (Å²) in [6.45, 7) is 0.916. The Kier molecular flexibility index (Phi) is 7.43. The quantitative estimate of drug-likeness (QED) is 0.608. The van der Waals surface area contributed by atoms with Crippen LogP contribution in [0.5, 0.6) is 0 Å². The first-order valence-corrected chi connectivity index (χ1v) is 9.89. The molecule has 0 unspecified atom stereocenters. The van der Waals surface area contributed by atoms with Crippen LogP contribution in [-0.4, -0.2) is 32.6 Å². The van der Waals surface area contributed by atoms with Gasteiger partial charge in [0.05, 0.1) is 17.2 Å². The SMILES string of the molecule is O=C(O)c1cc(Cl)cc(S(=O)(=O)NCCCOCc2ccccc2)c1Cl. The fraction of sp³-hybridized carbons (Fsp3) is 0.235. The third-order valence-corrected chi connectivity index (χ3v) is 5.62. The number of sulfonamides is 1. The van der Waals surface area contributed by atoms with E-state index in [4.69, 9.17) is 33.0 Å². The Balaban J connectivity index is 1.90. The van der Waals surface area contributed by atoms with Crippen molar-refractivity contribution in [3.8, 4) is 0 Å². The molecule has 0 aliphatic rings. The van der Waals surface area contributed by atoms with E-state index >= 15 is 0 Å². The van der Waals surface area contributed by atoms with Crippen LogP contribution in [0.4, 0.5) is 0 Å². The first-order valence-electron chi connectivity index (χ1n) is 7.65. The van der Waals surface area contributed by atoms with Crippen LogP contribution in [0.15, 0.2) is 47.4 Å². The lowest BCUT2D eigenvalue weighted by molar-refractivity contribution is 0.0697. The molecular formula is C17H17Cl2NO5S. The maximum atomic E-state index is 12.3. The molecule has 0 atom stereocenters. The monoisotopic (exact) mass is 417 g/mol. The molecule has 2 aromatic carbocycles. The Labute approximate surface area is 161 Å². The van der Waals surface area contributed by atoms with E-state index in [1.54, 1.807) is 0 Å². The molecule has 2 aromatic rings. The molecule has 0 aromatic heterocycles. The van der Waals surface area contributed by atoms with Crippen LogP contribution in [0.2, 0.25) is 10.0 Å². The van der Waals surface area contributed by atoms with Crippen LogP contribution in [0.25, 0.3) is 0 Å². The fourth-order valence-corrected chi connectivity index (χ4v) is 4.11. The summed E-state index contributed by atoms with van der Waals surface area (Å²) in [6, 6.07) is 11.8. The molecule has 0 aliphatic carbocycles. The smallest absolute Gasteiger partial charge is 0.337 e. The summed E-state index contributed by atoms with van der Waals surface area (Å²) in [4.78, 5) is 10.8. The third kappa shape index (κ3) is 5.69. The molecule has 2 N–H and O–H groups in total. The lowest BCUT2D eigenvalue weighted by Crippen LogP contribution is -2.26. The minimum absolute atomic E-state index is 0.0293. The van der Waals surface area contributed by atoms with E-state index in [-0.39, 0.29) is 27.0 Å². The highest BCUT2D eigenvalue weighted by Gasteiger charge is 2.23. The van der Waals surface area contributed by atoms with Gasteiger partial charge in [0, 0.05) is 18.2 Å². The fourth-order valence-electron chi connectivity index (χ4n) is 2.14. The van der Waals surface area contributed by atoms with Crippen LogP contribution in [0.3, 0.4) is 0 Å². The highest BCUT2D eigenvalue weighted by molar-refractivity contribution is 7.89. The highest BCUT2D eigenvalue weighted by atomic mass is 35.5. The van der Waals surface area contributed by atoms with Crippen molar-refractivity contribution in [2.24, 2.45) is 0 Å². The average Bonchev–Trinajstić information content (AvgIpc) is 2.60. The molecular weight excluding hydrogens is 401 g/mol. The zero-order valence-electron chi connectivity index (χ0n) is 13.6. The van der Waals surface area contributed by atoms with Crippen molar-refractivity contribution in [1.82, 2.24) is 4.72 Å². The third-order valence-electron chi connectivity index (χ3n) is 3.39. The second kappa shape index (κ2) is 9.34. The van der Waals surface area contributed by atoms with Gasteiger partial charge in [-0.05, 0) is 24.1 Å². The van der Waals surface area contributed by atoms with Gasteiger partial charge in [0.25, 0.3) is 0 Å². The number of carbonyl (C=O) groups is 1. The van der Waals surface area contributed by atoms with E-state index < -0.39 is 16.0 Å². The normalized spacial score (nSPS) is 11.5. The molecule has 0 bridgehead atoms. The number of nitrogens with one attached hydrogen (secondary N) is 1. The molecule has 0 heterocycles.